The highest BCUT2D eigenvalue weighted by molar-refractivity contribution is 4.93. The molecule has 5 nitrogen and oxygen atoms in total. The zero-order valence-corrected chi connectivity index (χ0v) is 6.66. The first-order valence-electron chi connectivity index (χ1n) is 3.37. The Kier molecular flexibility index (Phi) is 2.56. The van der Waals surface area contributed by atoms with Gasteiger partial charge in [0, 0.05) is 7.11 Å². The predicted molar refractivity (Wildman–Crippen MR) is 39.9 cm³/mol. The van der Waals surface area contributed by atoms with Crippen molar-refractivity contribution < 1.29 is 4.74 Å². The molecule has 1 aromatic rings. The number of hydrogen-bond acceptors (Lipinski definition) is 4. The highest BCUT2D eigenvalue weighted by Gasteiger charge is 2.09. The van der Waals surface area contributed by atoms with Crippen LogP contribution in [0.3, 0.4) is 0 Å². The van der Waals surface area contributed by atoms with Crippen molar-refractivity contribution in [1.29, 1.82) is 0 Å². The summed E-state index contributed by atoms with van der Waals surface area (Å²) in [6, 6.07) is -0.232. The minimum Gasteiger partial charge on any atom is -0.383 e. The van der Waals surface area contributed by atoms with Gasteiger partial charge in [0.2, 0.25) is 0 Å². The Morgan fingerprint density at radius 3 is 2.91 bits per heavy atom. The molecule has 1 aromatic heterocycles. The molecule has 0 aliphatic heterocycles. The first-order valence-corrected chi connectivity index (χ1v) is 3.37. The van der Waals surface area contributed by atoms with Gasteiger partial charge in [-0.15, -0.1) is 0 Å². The summed E-state index contributed by atoms with van der Waals surface area (Å²) >= 11 is 0. The molecule has 62 valence electrons. The van der Waals surface area contributed by atoms with Gasteiger partial charge in [-0.3, -0.25) is 5.10 Å². The molecule has 11 heavy (non-hydrogen) atoms. The maximum Gasteiger partial charge on any atom is 0.169 e. The van der Waals surface area contributed by atoms with Crippen LogP contribution in [0.25, 0.3) is 0 Å². The fourth-order valence-electron chi connectivity index (χ4n) is 0.780. The van der Waals surface area contributed by atoms with Gasteiger partial charge < -0.3 is 10.5 Å². The fraction of sp³-hybridized carbons (Fsp3) is 0.667. The predicted octanol–water partition coefficient (Wildman–Crippen LogP) is -0.241. The summed E-state index contributed by atoms with van der Waals surface area (Å²) < 4.78 is 4.85. The van der Waals surface area contributed by atoms with Gasteiger partial charge in [-0.1, -0.05) is 0 Å². The zero-order valence-electron chi connectivity index (χ0n) is 6.66. The smallest absolute Gasteiger partial charge is 0.169 e. The number of aromatic amines is 1. The van der Waals surface area contributed by atoms with Crippen LogP contribution in [0.4, 0.5) is 0 Å². The standard InChI is InChI=1S/C6H12N4O/c1-4-8-6(10-9-4)5(7)3-11-2/h5H,3,7H2,1-2H3,(H,8,9,10). The van der Waals surface area contributed by atoms with Crippen LogP contribution in [0.1, 0.15) is 17.7 Å². The number of methoxy groups -OCH3 is 1. The Labute approximate surface area is 65.0 Å². The lowest BCUT2D eigenvalue weighted by Crippen LogP contribution is -2.17. The number of H-pyrrole nitrogens is 1. The van der Waals surface area contributed by atoms with E-state index in [0.29, 0.717) is 12.4 Å². The molecule has 1 atom stereocenters. The van der Waals surface area contributed by atoms with Crippen molar-refractivity contribution in [1.82, 2.24) is 15.2 Å². The Balaban J connectivity index is 2.60. The summed E-state index contributed by atoms with van der Waals surface area (Å²) in [6.45, 7) is 2.27. The van der Waals surface area contributed by atoms with E-state index >= 15 is 0 Å². The summed E-state index contributed by atoms with van der Waals surface area (Å²) in [7, 11) is 1.60. The van der Waals surface area contributed by atoms with E-state index in [1.165, 1.54) is 0 Å². The van der Waals surface area contributed by atoms with E-state index in [1.807, 2.05) is 6.92 Å². The van der Waals surface area contributed by atoms with Gasteiger partial charge in [0.1, 0.15) is 5.82 Å². The van der Waals surface area contributed by atoms with Crippen LogP contribution < -0.4 is 5.73 Å². The summed E-state index contributed by atoms with van der Waals surface area (Å²) in [6.07, 6.45) is 0. The van der Waals surface area contributed by atoms with Crippen molar-refractivity contribution in [2.24, 2.45) is 5.73 Å². The van der Waals surface area contributed by atoms with Crippen LogP contribution >= 0.6 is 0 Å². The van der Waals surface area contributed by atoms with Crippen molar-refractivity contribution in [3.8, 4) is 0 Å². The molecule has 0 aliphatic carbocycles. The molecule has 1 unspecified atom stereocenters. The second kappa shape index (κ2) is 3.45. The molecule has 0 bridgehead atoms. The first kappa shape index (κ1) is 8.16. The molecule has 1 heterocycles. The quantitative estimate of drug-likeness (QED) is 0.633. The number of hydrogen-bond donors (Lipinski definition) is 2. The van der Waals surface area contributed by atoms with E-state index in [0.717, 1.165) is 5.82 Å². The lowest BCUT2D eigenvalue weighted by molar-refractivity contribution is 0.178. The van der Waals surface area contributed by atoms with E-state index in [2.05, 4.69) is 15.2 Å². The van der Waals surface area contributed by atoms with Gasteiger partial charge >= 0.3 is 0 Å². The second-order valence-electron chi connectivity index (χ2n) is 2.34. The van der Waals surface area contributed by atoms with Gasteiger partial charge in [-0.25, -0.2) is 4.98 Å². The molecule has 3 N–H and O–H groups in total. The molecule has 0 aliphatic rings. The maximum absolute atomic E-state index is 5.65. The minimum absolute atomic E-state index is 0.232. The van der Waals surface area contributed by atoms with E-state index in [1.54, 1.807) is 7.11 Å². The van der Waals surface area contributed by atoms with Crippen molar-refractivity contribution in [3.05, 3.63) is 11.6 Å². The third-order valence-electron chi connectivity index (χ3n) is 1.29. The molecule has 0 amide bonds. The normalized spacial score (nSPS) is 13.4. The average molecular weight is 156 g/mol. The number of nitrogens with two attached hydrogens (primary N) is 1. The van der Waals surface area contributed by atoms with Crippen LogP contribution in [-0.2, 0) is 4.74 Å². The SMILES string of the molecule is COCC(N)c1n[nH]c(C)n1. The molecule has 5 heteroatoms. The van der Waals surface area contributed by atoms with Gasteiger partial charge in [0.25, 0.3) is 0 Å². The topological polar surface area (TPSA) is 76.8 Å². The fourth-order valence-corrected chi connectivity index (χ4v) is 0.780. The molecular weight excluding hydrogens is 144 g/mol. The van der Waals surface area contributed by atoms with Crippen LogP contribution in [-0.4, -0.2) is 28.9 Å². The minimum atomic E-state index is -0.232. The zero-order chi connectivity index (χ0) is 8.27. The lowest BCUT2D eigenvalue weighted by Gasteiger charge is -2.03. The average Bonchev–Trinajstić information content (AvgIpc) is 2.36. The Hall–Kier alpha value is -0.940. The summed E-state index contributed by atoms with van der Waals surface area (Å²) in [5.41, 5.74) is 5.65. The summed E-state index contributed by atoms with van der Waals surface area (Å²) in [5.74, 6) is 1.37. The van der Waals surface area contributed by atoms with Crippen molar-refractivity contribution in [2.75, 3.05) is 13.7 Å². The van der Waals surface area contributed by atoms with E-state index in [4.69, 9.17) is 10.5 Å². The molecule has 0 fully saturated rings. The Bertz CT molecular complexity index is 222. The molecule has 1 rings (SSSR count). The van der Waals surface area contributed by atoms with E-state index < -0.39 is 0 Å². The molecule has 0 saturated heterocycles. The molecule has 0 aromatic carbocycles. The molecule has 0 spiro atoms. The highest BCUT2D eigenvalue weighted by Crippen LogP contribution is 2.02. The number of nitrogens with one attached hydrogen (secondary N) is 1. The molecule has 0 saturated carbocycles. The van der Waals surface area contributed by atoms with E-state index in [9.17, 15) is 0 Å². The monoisotopic (exact) mass is 156 g/mol. The van der Waals surface area contributed by atoms with Gasteiger partial charge in [0.15, 0.2) is 5.82 Å². The highest BCUT2D eigenvalue weighted by atomic mass is 16.5. The Morgan fingerprint density at radius 2 is 2.45 bits per heavy atom. The Morgan fingerprint density at radius 1 is 1.73 bits per heavy atom. The van der Waals surface area contributed by atoms with Crippen molar-refractivity contribution in [3.63, 3.8) is 0 Å². The van der Waals surface area contributed by atoms with Crippen LogP contribution in [0, 0.1) is 6.92 Å². The molecular formula is C6H12N4O. The van der Waals surface area contributed by atoms with Crippen LogP contribution in [0.15, 0.2) is 0 Å². The second-order valence-corrected chi connectivity index (χ2v) is 2.34. The number of aromatic nitrogens is 3. The van der Waals surface area contributed by atoms with Gasteiger partial charge in [0.05, 0.1) is 12.6 Å². The number of nitrogens with zero attached hydrogens (tertiary/aromatic N) is 2. The van der Waals surface area contributed by atoms with E-state index in [-0.39, 0.29) is 6.04 Å². The van der Waals surface area contributed by atoms with Crippen LogP contribution in [0.2, 0.25) is 0 Å². The number of ether oxygens (including phenoxy) is 1. The summed E-state index contributed by atoms with van der Waals surface area (Å²) in [4.78, 5) is 4.06. The van der Waals surface area contributed by atoms with Crippen molar-refractivity contribution >= 4 is 0 Å². The maximum atomic E-state index is 5.65. The number of aryl methyl sites for hydroxylation is 1. The third-order valence-corrected chi connectivity index (χ3v) is 1.29. The lowest BCUT2D eigenvalue weighted by atomic mass is 10.3. The largest absolute Gasteiger partial charge is 0.383 e. The van der Waals surface area contributed by atoms with Gasteiger partial charge in [-0.2, -0.15) is 5.10 Å². The summed E-state index contributed by atoms with van der Waals surface area (Å²) in [5, 5.41) is 6.60. The molecule has 0 radical (unpaired) electrons. The number of rotatable bonds is 3. The van der Waals surface area contributed by atoms with Gasteiger partial charge in [-0.05, 0) is 6.92 Å². The van der Waals surface area contributed by atoms with Crippen LogP contribution in [0.5, 0.6) is 0 Å². The third kappa shape index (κ3) is 1.99. The first-order chi connectivity index (χ1) is 5.24. The van der Waals surface area contributed by atoms with Crippen molar-refractivity contribution in [2.45, 2.75) is 13.0 Å².